The highest BCUT2D eigenvalue weighted by Gasteiger charge is 2.03. The summed E-state index contributed by atoms with van der Waals surface area (Å²) in [6, 6.07) is 13.5. The van der Waals surface area contributed by atoms with Crippen LogP contribution in [0.15, 0.2) is 42.5 Å². The van der Waals surface area contributed by atoms with Crippen LogP contribution < -0.4 is 15.2 Å². The van der Waals surface area contributed by atoms with Gasteiger partial charge in [0, 0.05) is 23.6 Å². The number of hydrogen-bond donors (Lipinski definition) is 1. The van der Waals surface area contributed by atoms with E-state index in [1.165, 1.54) is 5.56 Å². The van der Waals surface area contributed by atoms with Crippen molar-refractivity contribution in [3.05, 3.63) is 58.6 Å². The zero-order valence-corrected chi connectivity index (χ0v) is 12.2. The molecule has 0 amide bonds. The van der Waals surface area contributed by atoms with E-state index in [-0.39, 0.29) is 0 Å². The smallest absolute Gasteiger partial charge is 0.123 e. The molecule has 0 saturated carbocycles. The maximum Gasteiger partial charge on any atom is 0.123 e. The van der Waals surface area contributed by atoms with Crippen molar-refractivity contribution in [3.8, 4) is 11.5 Å². The Morgan fingerprint density at radius 3 is 2.50 bits per heavy atom. The van der Waals surface area contributed by atoms with Gasteiger partial charge in [-0.25, -0.2) is 0 Å². The number of halogens is 1. The normalized spacial score (nSPS) is 10.3. The Hall–Kier alpha value is -1.71. The molecule has 0 heterocycles. The third-order valence-corrected chi connectivity index (χ3v) is 3.28. The van der Waals surface area contributed by atoms with Gasteiger partial charge in [0.15, 0.2) is 0 Å². The third kappa shape index (κ3) is 3.89. The Labute approximate surface area is 124 Å². The maximum atomic E-state index is 5.93. The van der Waals surface area contributed by atoms with E-state index in [0.717, 1.165) is 23.5 Å². The molecule has 0 aromatic heterocycles. The Morgan fingerprint density at radius 2 is 1.85 bits per heavy atom. The minimum atomic E-state index is 0.415. The first-order valence-corrected chi connectivity index (χ1v) is 6.85. The number of methoxy groups -OCH3 is 1. The van der Waals surface area contributed by atoms with Crippen molar-refractivity contribution in [2.75, 3.05) is 13.7 Å². The Balaban J connectivity index is 1.92. The molecule has 0 saturated heterocycles. The molecule has 2 aromatic carbocycles. The van der Waals surface area contributed by atoms with Crippen LogP contribution in [0.25, 0.3) is 0 Å². The largest absolute Gasteiger partial charge is 0.497 e. The Kier molecular flexibility index (Phi) is 5.27. The van der Waals surface area contributed by atoms with Crippen molar-refractivity contribution in [3.63, 3.8) is 0 Å². The van der Waals surface area contributed by atoms with E-state index in [1.54, 1.807) is 7.11 Å². The van der Waals surface area contributed by atoms with Gasteiger partial charge >= 0.3 is 0 Å². The molecule has 4 heteroatoms. The van der Waals surface area contributed by atoms with Crippen LogP contribution in [0.5, 0.6) is 11.5 Å². The van der Waals surface area contributed by atoms with Crippen molar-refractivity contribution in [2.24, 2.45) is 5.73 Å². The van der Waals surface area contributed by atoms with Crippen molar-refractivity contribution < 1.29 is 9.47 Å². The second-order valence-electron chi connectivity index (χ2n) is 4.40. The van der Waals surface area contributed by atoms with Gasteiger partial charge in [-0.3, -0.25) is 0 Å². The van der Waals surface area contributed by atoms with E-state index < -0.39 is 0 Å². The molecule has 0 unspecified atom stereocenters. The van der Waals surface area contributed by atoms with Gasteiger partial charge in [-0.1, -0.05) is 23.7 Å². The topological polar surface area (TPSA) is 44.5 Å². The number of ether oxygens (including phenoxy) is 2. The molecule has 2 aromatic rings. The SMILES string of the molecule is COc1ccc(CCOc2ccc(Cl)cc2CN)cc1. The highest BCUT2D eigenvalue weighted by atomic mass is 35.5. The zero-order valence-electron chi connectivity index (χ0n) is 11.4. The average molecular weight is 292 g/mol. The van der Waals surface area contributed by atoms with Gasteiger partial charge in [0.1, 0.15) is 11.5 Å². The zero-order chi connectivity index (χ0) is 14.4. The lowest BCUT2D eigenvalue weighted by atomic mass is 10.1. The number of benzene rings is 2. The Morgan fingerprint density at radius 1 is 1.10 bits per heavy atom. The van der Waals surface area contributed by atoms with Crippen LogP contribution in [0.4, 0.5) is 0 Å². The van der Waals surface area contributed by atoms with Gasteiger partial charge in [-0.15, -0.1) is 0 Å². The number of hydrogen-bond acceptors (Lipinski definition) is 3. The van der Waals surface area contributed by atoms with Gasteiger partial charge < -0.3 is 15.2 Å². The number of rotatable bonds is 6. The minimum Gasteiger partial charge on any atom is -0.497 e. The summed E-state index contributed by atoms with van der Waals surface area (Å²) in [6.45, 7) is 1.01. The first-order chi connectivity index (χ1) is 9.72. The van der Waals surface area contributed by atoms with E-state index in [9.17, 15) is 0 Å². The van der Waals surface area contributed by atoms with Crippen LogP contribution in [-0.2, 0) is 13.0 Å². The maximum absolute atomic E-state index is 5.93. The average Bonchev–Trinajstić information content (AvgIpc) is 2.49. The predicted molar refractivity (Wildman–Crippen MR) is 81.5 cm³/mol. The predicted octanol–water partition coefficient (Wildman–Crippen LogP) is 3.43. The molecule has 3 nitrogen and oxygen atoms in total. The second kappa shape index (κ2) is 7.17. The summed E-state index contributed by atoms with van der Waals surface area (Å²) in [5, 5.41) is 0.674. The van der Waals surface area contributed by atoms with E-state index in [0.29, 0.717) is 18.2 Å². The van der Waals surface area contributed by atoms with Gasteiger partial charge in [-0.05, 0) is 35.9 Å². The molecule has 0 aliphatic carbocycles. The Bertz CT molecular complexity index is 555. The van der Waals surface area contributed by atoms with Gasteiger partial charge in [-0.2, -0.15) is 0 Å². The van der Waals surface area contributed by atoms with E-state index >= 15 is 0 Å². The fraction of sp³-hybridized carbons (Fsp3) is 0.250. The van der Waals surface area contributed by atoms with Crippen LogP contribution in [0.1, 0.15) is 11.1 Å². The van der Waals surface area contributed by atoms with Crippen molar-refractivity contribution in [1.29, 1.82) is 0 Å². The summed E-state index contributed by atoms with van der Waals surface area (Å²) in [5.41, 5.74) is 7.81. The van der Waals surface area contributed by atoms with Gasteiger partial charge in [0.05, 0.1) is 13.7 Å². The highest BCUT2D eigenvalue weighted by molar-refractivity contribution is 6.30. The molecule has 0 fully saturated rings. The van der Waals surface area contributed by atoms with Crippen LogP contribution in [-0.4, -0.2) is 13.7 Å². The lowest BCUT2D eigenvalue weighted by molar-refractivity contribution is 0.318. The van der Waals surface area contributed by atoms with E-state index in [2.05, 4.69) is 0 Å². The van der Waals surface area contributed by atoms with Gasteiger partial charge in [0.25, 0.3) is 0 Å². The highest BCUT2D eigenvalue weighted by Crippen LogP contribution is 2.22. The summed E-state index contributed by atoms with van der Waals surface area (Å²) < 4.78 is 10.9. The molecule has 0 aliphatic rings. The monoisotopic (exact) mass is 291 g/mol. The van der Waals surface area contributed by atoms with Crippen LogP contribution in [0.3, 0.4) is 0 Å². The second-order valence-corrected chi connectivity index (χ2v) is 4.84. The summed E-state index contributed by atoms with van der Waals surface area (Å²) in [4.78, 5) is 0. The molecule has 2 N–H and O–H groups in total. The van der Waals surface area contributed by atoms with Crippen LogP contribution in [0.2, 0.25) is 5.02 Å². The molecule has 20 heavy (non-hydrogen) atoms. The first kappa shape index (κ1) is 14.7. The summed E-state index contributed by atoms with van der Waals surface area (Å²) >= 11 is 5.93. The standard InChI is InChI=1S/C16H18ClNO2/c1-19-15-5-2-12(3-6-15)8-9-20-16-7-4-14(17)10-13(16)11-18/h2-7,10H,8-9,11,18H2,1H3. The summed E-state index contributed by atoms with van der Waals surface area (Å²) in [5.74, 6) is 1.66. The fourth-order valence-electron chi connectivity index (χ4n) is 1.92. The van der Waals surface area contributed by atoms with Crippen molar-refractivity contribution >= 4 is 11.6 Å². The van der Waals surface area contributed by atoms with E-state index in [1.807, 2.05) is 42.5 Å². The molecule has 0 bridgehead atoms. The van der Waals surface area contributed by atoms with Crippen molar-refractivity contribution in [1.82, 2.24) is 0 Å². The van der Waals surface area contributed by atoms with Crippen LogP contribution in [0, 0.1) is 0 Å². The van der Waals surface area contributed by atoms with Crippen LogP contribution >= 0.6 is 11.6 Å². The number of nitrogens with two attached hydrogens (primary N) is 1. The first-order valence-electron chi connectivity index (χ1n) is 6.47. The molecule has 106 valence electrons. The molecular weight excluding hydrogens is 274 g/mol. The minimum absolute atomic E-state index is 0.415. The molecule has 0 radical (unpaired) electrons. The van der Waals surface area contributed by atoms with Crippen molar-refractivity contribution in [2.45, 2.75) is 13.0 Å². The lowest BCUT2D eigenvalue weighted by Crippen LogP contribution is -2.05. The summed E-state index contributed by atoms with van der Waals surface area (Å²) in [6.07, 6.45) is 0.830. The quantitative estimate of drug-likeness (QED) is 0.887. The summed E-state index contributed by atoms with van der Waals surface area (Å²) in [7, 11) is 1.66. The molecular formula is C16H18ClNO2. The molecule has 0 aliphatic heterocycles. The molecule has 0 spiro atoms. The third-order valence-electron chi connectivity index (χ3n) is 3.05. The lowest BCUT2D eigenvalue weighted by Gasteiger charge is -2.11. The van der Waals surface area contributed by atoms with Gasteiger partial charge in [0.2, 0.25) is 0 Å². The molecule has 2 rings (SSSR count). The molecule has 0 atom stereocenters. The van der Waals surface area contributed by atoms with E-state index in [4.69, 9.17) is 26.8 Å². The fourth-order valence-corrected chi connectivity index (χ4v) is 2.11.